The molecule has 178 valence electrons. The summed E-state index contributed by atoms with van der Waals surface area (Å²) in [7, 11) is 0. The highest BCUT2D eigenvalue weighted by atomic mass is 32.1. The molecule has 0 radical (unpaired) electrons. The Balaban J connectivity index is 1.50. The highest BCUT2D eigenvalue weighted by Gasteiger charge is 2.36. The molecule has 0 fully saturated rings. The Morgan fingerprint density at radius 2 is 1.80 bits per heavy atom. The van der Waals surface area contributed by atoms with Crippen LogP contribution >= 0.6 is 11.3 Å². The van der Waals surface area contributed by atoms with Crippen LogP contribution in [0.25, 0.3) is 5.00 Å². The lowest BCUT2D eigenvalue weighted by Gasteiger charge is -2.31. The number of aryl methyl sites for hydroxylation is 2. The van der Waals surface area contributed by atoms with Gasteiger partial charge in [-0.15, -0.1) is 11.3 Å². The normalized spacial score (nSPS) is 16.8. The first-order chi connectivity index (χ1) is 17.0. The summed E-state index contributed by atoms with van der Waals surface area (Å²) in [6.45, 7) is 4.60. The minimum atomic E-state index is -0.338. The van der Waals surface area contributed by atoms with Gasteiger partial charge in [0.05, 0.1) is 18.3 Å². The first kappa shape index (κ1) is 22.1. The van der Waals surface area contributed by atoms with Gasteiger partial charge in [-0.05, 0) is 92.1 Å². The lowest BCUT2D eigenvalue weighted by Crippen LogP contribution is -2.38. The van der Waals surface area contributed by atoms with E-state index in [0.29, 0.717) is 6.54 Å². The molecule has 0 bridgehead atoms. The highest BCUT2D eigenvalue weighted by Crippen LogP contribution is 2.44. The zero-order chi connectivity index (χ0) is 24.1. The third-order valence-corrected chi connectivity index (χ3v) is 8.81. The summed E-state index contributed by atoms with van der Waals surface area (Å²) in [6.07, 6.45) is 6.68. The van der Waals surface area contributed by atoms with Gasteiger partial charge in [0, 0.05) is 22.3 Å². The molecule has 6 heteroatoms. The number of amides is 2. The molecule has 1 atom stereocenters. The number of aromatic nitrogens is 1. The number of anilines is 1. The summed E-state index contributed by atoms with van der Waals surface area (Å²) in [5.74, 6) is -0.280. The molecule has 4 nitrogen and oxygen atoms in total. The second-order valence-corrected chi connectivity index (χ2v) is 10.6. The first-order valence-corrected chi connectivity index (χ1v) is 13.0. The Kier molecular flexibility index (Phi) is 5.49. The number of benzene rings is 2. The van der Waals surface area contributed by atoms with Gasteiger partial charge in [0.15, 0.2) is 0 Å². The number of urea groups is 1. The molecule has 0 saturated heterocycles. The van der Waals surface area contributed by atoms with Crippen molar-refractivity contribution < 1.29 is 9.18 Å². The van der Waals surface area contributed by atoms with E-state index in [2.05, 4.69) is 35.1 Å². The lowest BCUT2D eigenvalue weighted by atomic mass is 9.95. The first-order valence-electron chi connectivity index (χ1n) is 12.2. The van der Waals surface area contributed by atoms with Crippen molar-refractivity contribution in [1.29, 1.82) is 0 Å². The maximum Gasteiger partial charge on any atom is 0.322 e. The molecule has 3 heterocycles. The van der Waals surface area contributed by atoms with Crippen LogP contribution in [0.2, 0.25) is 0 Å². The largest absolute Gasteiger partial charge is 0.322 e. The summed E-state index contributed by atoms with van der Waals surface area (Å²) in [4.78, 5) is 17.4. The number of thiophene rings is 1. The van der Waals surface area contributed by atoms with E-state index in [4.69, 9.17) is 0 Å². The predicted octanol–water partition coefficient (Wildman–Crippen LogP) is 7.31. The number of hydrogen-bond acceptors (Lipinski definition) is 2. The third-order valence-electron chi connectivity index (χ3n) is 7.47. The summed E-state index contributed by atoms with van der Waals surface area (Å²) >= 11 is 1.86. The van der Waals surface area contributed by atoms with E-state index in [-0.39, 0.29) is 17.9 Å². The van der Waals surface area contributed by atoms with Gasteiger partial charge in [-0.1, -0.05) is 24.3 Å². The number of nitrogens with zero attached hydrogens (tertiary/aromatic N) is 2. The number of hydrogen-bond donors (Lipinski definition) is 1. The number of rotatable bonds is 2. The van der Waals surface area contributed by atoms with Gasteiger partial charge in [0.1, 0.15) is 10.8 Å². The summed E-state index contributed by atoms with van der Waals surface area (Å²) in [6, 6.07) is 16.2. The monoisotopic (exact) mass is 485 g/mol. The van der Waals surface area contributed by atoms with Gasteiger partial charge in [-0.25, -0.2) is 9.18 Å². The number of fused-ring (bicyclic) bond motifs is 5. The van der Waals surface area contributed by atoms with Crippen LogP contribution in [0.4, 0.5) is 14.9 Å². The topological polar surface area (TPSA) is 37.3 Å². The van der Waals surface area contributed by atoms with Crippen LogP contribution in [0.3, 0.4) is 0 Å². The molecule has 6 rings (SSSR count). The highest BCUT2D eigenvalue weighted by molar-refractivity contribution is 7.15. The molecule has 1 N–H and O–H groups in total. The Hall–Kier alpha value is -3.38. The van der Waals surface area contributed by atoms with Gasteiger partial charge in [-0.2, -0.15) is 0 Å². The molecule has 0 saturated carbocycles. The van der Waals surface area contributed by atoms with E-state index in [1.54, 1.807) is 12.1 Å². The minimum absolute atomic E-state index is 0.149. The molecule has 2 aliphatic rings. The van der Waals surface area contributed by atoms with Crippen molar-refractivity contribution in [1.82, 2.24) is 9.47 Å². The van der Waals surface area contributed by atoms with Crippen LogP contribution < -0.4 is 5.32 Å². The second-order valence-electron chi connectivity index (χ2n) is 9.56. The number of nitrogens with one attached hydrogen (secondary N) is 1. The van der Waals surface area contributed by atoms with Gasteiger partial charge in [0.2, 0.25) is 0 Å². The van der Waals surface area contributed by atoms with Crippen molar-refractivity contribution in [3.63, 3.8) is 0 Å². The standard InChI is InChI=1S/C29H28FN3OS/c1-18-7-5-9-24(19(18)2)31-29(34)33-17-23-22-8-3-4-11-26(22)35-28(23)32-16-6-10-25(32)27(33)20-12-14-21(30)15-13-20/h5-7,9-10,12-16,27H,3-4,8,11,17H2,1-2H3,(H,31,34). The Morgan fingerprint density at radius 3 is 2.63 bits per heavy atom. The summed E-state index contributed by atoms with van der Waals surface area (Å²) in [5.41, 5.74) is 7.60. The molecule has 2 aromatic heterocycles. The molecule has 1 aliphatic heterocycles. The zero-order valence-electron chi connectivity index (χ0n) is 20.0. The fourth-order valence-corrected chi connectivity index (χ4v) is 6.86. The van der Waals surface area contributed by atoms with E-state index < -0.39 is 0 Å². The molecular formula is C29H28FN3OS. The molecule has 2 aromatic carbocycles. The van der Waals surface area contributed by atoms with E-state index in [1.165, 1.54) is 46.0 Å². The molecule has 1 aliphatic carbocycles. The average Bonchev–Trinajstić information content (AvgIpc) is 3.45. The van der Waals surface area contributed by atoms with Crippen molar-refractivity contribution in [2.45, 2.75) is 52.1 Å². The van der Waals surface area contributed by atoms with Crippen molar-refractivity contribution in [2.75, 3.05) is 5.32 Å². The van der Waals surface area contributed by atoms with Crippen molar-refractivity contribution in [3.8, 4) is 5.00 Å². The average molecular weight is 486 g/mol. The Labute approximate surface area is 209 Å². The van der Waals surface area contributed by atoms with E-state index in [0.717, 1.165) is 40.9 Å². The Morgan fingerprint density at radius 1 is 1.00 bits per heavy atom. The molecule has 2 amide bonds. The fraction of sp³-hybridized carbons (Fsp3) is 0.276. The maximum atomic E-state index is 14.0. The molecule has 35 heavy (non-hydrogen) atoms. The molecule has 1 unspecified atom stereocenters. The fourth-order valence-electron chi connectivity index (χ4n) is 5.46. The number of carbonyl (C=O) groups excluding carboxylic acids is 1. The van der Waals surface area contributed by atoms with Crippen LogP contribution in [-0.4, -0.2) is 15.5 Å². The minimum Gasteiger partial charge on any atom is -0.310 e. The lowest BCUT2D eigenvalue weighted by molar-refractivity contribution is 0.194. The van der Waals surface area contributed by atoms with Gasteiger partial charge >= 0.3 is 6.03 Å². The van der Waals surface area contributed by atoms with Crippen molar-refractivity contribution in [3.05, 3.63) is 105 Å². The van der Waals surface area contributed by atoms with Crippen molar-refractivity contribution in [2.24, 2.45) is 0 Å². The second kappa shape index (κ2) is 8.68. The molecule has 0 spiro atoms. The van der Waals surface area contributed by atoms with Crippen LogP contribution in [0.15, 0.2) is 60.8 Å². The summed E-state index contributed by atoms with van der Waals surface area (Å²) < 4.78 is 16.1. The number of halogens is 1. The number of carbonyl (C=O) groups is 1. The van der Waals surface area contributed by atoms with E-state index in [1.807, 2.05) is 41.4 Å². The third kappa shape index (κ3) is 3.76. The predicted molar refractivity (Wildman–Crippen MR) is 139 cm³/mol. The molecular weight excluding hydrogens is 457 g/mol. The quantitative estimate of drug-likeness (QED) is 0.318. The maximum absolute atomic E-state index is 14.0. The van der Waals surface area contributed by atoms with Crippen LogP contribution in [0, 0.1) is 19.7 Å². The van der Waals surface area contributed by atoms with E-state index >= 15 is 0 Å². The van der Waals surface area contributed by atoms with Gasteiger partial charge in [0.25, 0.3) is 0 Å². The smallest absolute Gasteiger partial charge is 0.310 e. The van der Waals surface area contributed by atoms with Gasteiger partial charge in [-0.3, -0.25) is 0 Å². The molecule has 4 aromatic rings. The zero-order valence-corrected chi connectivity index (χ0v) is 20.8. The van der Waals surface area contributed by atoms with Crippen LogP contribution in [0.5, 0.6) is 0 Å². The SMILES string of the molecule is Cc1cccc(NC(=O)N2Cc3c(sc4c3CCCC4)-n3cccc3C2c2ccc(F)cc2)c1C. The Bertz CT molecular complexity index is 1420. The summed E-state index contributed by atoms with van der Waals surface area (Å²) in [5, 5.41) is 4.41. The van der Waals surface area contributed by atoms with E-state index in [9.17, 15) is 9.18 Å². The van der Waals surface area contributed by atoms with Gasteiger partial charge < -0.3 is 14.8 Å². The van der Waals surface area contributed by atoms with Crippen LogP contribution in [0.1, 0.15) is 57.3 Å². The van der Waals surface area contributed by atoms with Crippen LogP contribution in [-0.2, 0) is 19.4 Å². The van der Waals surface area contributed by atoms with Crippen molar-refractivity contribution >= 4 is 23.1 Å².